The Morgan fingerprint density at radius 3 is 1.87 bits per heavy atom. The molecule has 0 saturated carbocycles. The molecule has 0 N–H and O–H groups in total. The van der Waals surface area contributed by atoms with Crippen molar-refractivity contribution in [2.45, 2.75) is 19.4 Å². The SMILES string of the molecule is C1=CC(c2nc(-c3ccccc3)nn2Cc2ccc3cc(-n4c5ccccc5c5cc6c7ccccc7n(-c7ccccc7)c6cc54)ccc3c2)=CCC1. The molecule has 0 bridgehead atoms. The van der Waals surface area contributed by atoms with E-state index in [1.54, 1.807) is 0 Å². The molecule has 3 aromatic heterocycles. The van der Waals surface area contributed by atoms with Crippen LogP contribution < -0.4 is 0 Å². The van der Waals surface area contributed by atoms with Gasteiger partial charge in [-0.3, -0.25) is 0 Å². The highest BCUT2D eigenvalue weighted by Gasteiger charge is 2.19. The quantitative estimate of drug-likeness (QED) is 0.174. The van der Waals surface area contributed by atoms with Gasteiger partial charge in [0.2, 0.25) is 0 Å². The van der Waals surface area contributed by atoms with Crippen LogP contribution in [0.3, 0.4) is 0 Å². The van der Waals surface area contributed by atoms with Gasteiger partial charge in [0.15, 0.2) is 11.6 Å². The van der Waals surface area contributed by atoms with Crippen LogP contribution in [-0.2, 0) is 6.54 Å². The fraction of sp³-hybridized carbons (Fsp3) is 0.0612. The molecule has 256 valence electrons. The van der Waals surface area contributed by atoms with Crippen molar-refractivity contribution in [3.05, 3.63) is 187 Å². The Morgan fingerprint density at radius 2 is 1.15 bits per heavy atom. The van der Waals surface area contributed by atoms with Crippen molar-refractivity contribution in [3.63, 3.8) is 0 Å². The van der Waals surface area contributed by atoms with E-state index in [1.165, 1.54) is 59.9 Å². The summed E-state index contributed by atoms with van der Waals surface area (Å²) in [5, 5.41) is 12.5. The molecule has 0 unspecified atom stereocenters. The third-order valence-electron chi connectivity index (χ3n) is 10.9. The van der Waals surface area contributed by atoms with E-state index in [0.717, 1.165) is 47.0 Å². The van der Waals surface area contributed by atoms with Gasteiger partial charge in [0.1, 0.15) is 0 Å². The highest BCUT2D eigenvalue weighted by Crippen LogP contribution is 2.40. The van der Waals surface area contributed by atoms with Crippen LogP contribution in [0.5, 0.6) is 0 Å². The molecule has 5 nitrogen and oxygen atoms in total. The predicted molar refractivity (Wildman–Crippen MR) is 224 cm³/mol. The van der Waals surface area contributed by atoms with Gasteiger partial charge in [0, 0.05) is 44.1 Å². The minimum absolute atomic E-state index is 0.635. The fourth-order valence-electron chi connectivity index (χ4n) is 8.41. The molecular formula is C49H35N5. The van der Waals surface area contributed by atoms with Gasteiger partial charge >= 0.3 is 0 Å². The summed E-state index contributed by atoms with van der Waals surface area (Å²) in [5.74, 6) is 1.66. The number of benzene rings is 7. The van der Waals surface area contributed by atoms with Crippen molar-refractivity contribution < 1.29 is 0 Å². The van der Waals surface area contributed by atoms with Crippen LogP contribution in [0, 0.1) is 0 Å². The molecule has 54 heavy (non-hydrogen) atoms. The molecule has 1 aliphatic rings. The molecule has 11 rings (SSSR count). The Labute approximate surface area is 312 Å². The van der Waals surface area contributed by atoms with Gasteiger partial charge < -0.3 is 9.13 Å². The van der Waals surface area contributed by atoms with E-state index in [1.807, 2.05) is 18.2 Å². The van der Waals surface area contributed by atoms with Crippen molar-refractivity contribution in [2.24, 2.45) is 0 Å². The topological polar surface area (TPSA) is 40.6 Å². The van der Waals surface area contributed by atoms with E-state index in [2.05, 4.69) is 172 Å². The fourth-order valence-corrected chi connectivity index (χ4v) is 8.41. The molecule has 10 aromatic rings. The van der Waals surface area contributed by atoms with Crippen molar-refractivity contribution >= 4 is 60.0 Å². The smallest absolute Gasteiger partial charge is 0.181 e. The van der Waals surface area contributed by atoms with E-state index >= 15 is 0 Å². The lowest BCUT2D eigenvalue weighted by atomic mass is 10.1. The second kappa shape index (κ2) is 12.3. The standard InChI is InChI=1S/C49H35N5/c1-4-14-34(15-5-1)48-50-49(35-16-6-2-7-17-35)52(51-48)32-33-24-25-37-29-39(27-26-36(37)28-33)54-45-23-13-11-21-41(45)43-30-42-40-20-10-12-22-44(40)53(46(42)31-47(43)54)38-18-8-3-9-19-38/h1,3-6,8-31H,2,7,32H2. The Kier molecular flexibility index (Phi) is 6.99. The summed E-state index contributed by atoms with van der Waals surface area (Å²) in [6, 6.07) is 56.9. The second-order valence-corrected chi connectivity index (χ2v) is 14.2. The first kappa shape index (κ1) is 30.6. The third kappa shape index (κ3) is 4.93. The van der Waals surface area contributed by atoms with Crippen molar-refractivity contribution in [1.82, 2.24) is 23.9 Å². The van der Waals surface area contributed by atoms with Crippen LogP contribution >= 0.6 is 0 Å². The molecule has 0 atom stereocenters. The maximum absolute atomic E-state index is 5.03. The lowest BCUT2D eigenvalue weighted by molar-refractivity contribution is 0.677. The Hall–Kier alpha value is -6.98. The zero-order valence-electron chi connectivity index (χ0n) is 29.6. The van der Waals surface area contributed by atoms with E-state index in [4.69, 9.17) is 10.1 Å². The summed E-state index contributed by atoms with van der Waals surface area (Å²) in [6.07, 6.45) is 8.77. The first-order valence-electron chi connectivity index (χ1n) is 18.7. The number of para-hydroxylation sites is 3. The van der Waals surface area contributed by atoms with Crippen molar-refractivity contribution in [1.29, 1.82) is 0 Å². The molecule has 5 heteroatoms. The zero-order valence-corrected chi connectivity index (χ0v) is 29.6. The molecule has 7 aromatic carbocycles. The predicted octanol–water partition coefficient (Wildman–Crippen LogP) is 12.1. The molecule has 0 saturated heterocycles. The second-order valence-electron chi connectivity index (χ2n) is 14.2. The third-order valence-corrected chi connectivity index (χ3v) is 10.9. The van der Waals surface area contributed by atoms with Gasteiger partial charge in [-0.2, -0.15) is 5.10 Å². The molecule has 0 radical (unpaired) electrons. The molecule has 3 heterocycles. The first-order valence-corrected chi connectivity index (χ1v) is 18.7. The Morgan fingerprint density at radius 1 is 0.500 bits per heavy atom. The molecule has 1 aliphatic carbocycles. The largest absolute Gasteiger partial charge is 0.309 e. The van der Waals surface area contributed by atoms with E-state index < -0.39 is 0 Å². The maximum Gasteiger partial charge on any atom is 0.181 e. The van der Waals surface area contributed by atoms with Gasteiger partial charge in [-0.1, -0.05) is 121 Å². The van der Waals surface area contributed by atoms with E-state index in [-0.39, 0.29) is 0 Å². The number of nitrogens with zero attached hydrogens (tertiary/aromatic N) is 5. The minimum atomic E-state index is 0.635. The summed E-state index contributed by atoms with van der Waals surface area (Å²) in [7, 11) is 0. The average molecular weight is 694 g/mol. The molecule has 0 aliphatic heterocycles. The number of rotatable bonds is 6. The molecule has 0 amide bonds. The van der Waals surface area contributed by atoms with Crippen LogP contribution in [-0.4, -0.2) is 23.9 Å². The summed E-state index contributed by atoms with van der Waals surface area (Å²) in [6.45, 7) is 0.635. The molecule has 0 spiro atoms. The Balaban J connectivity index is 1.03. The molecular weight excluding hydrogens is 659 g/mol. The number of allylic oxidation sites excluding steroid dienone is 4. The Bertz CT molecular complexity index is 3120. The van der Waals surface area contributed by atoms with Crippen LogP contribution in [0.1, 0.15) is 24.2 Å². The van der Waals surface area contributed by atoms with Gasteiger partial charge in [-0.15, -0.1) is 0 Å². The highest BCUT2D eigenvalue weighted by molar-refractivity contribution is 6.19. The van der Waals surface area contributed by atoms with Crippen molar-refractivity contribution in [3.8, 4) is 22.8 Å². The zero-order chi connectivity index (χ0) is 35.6. The van der Waals surface area contributed by atoms with Gasteiger partial charge in [-0.25, -0.2) is 9.67 Å². The first-order chi connectivity index (χ1) is 26.8. The monoisotopic (exact) mass is 693 g/mol. The maximum atomic E-state index is 5.03. The number of hydrogen-bond donors (Lipinski definition) is 0. The lowest BCUT2D eigenvalue weighted by Gasteiger charge is -2.12. The summed E-state index contributed by atoms with van der Waals surface area (Å²) < 4.78 is 6.90. The van der Waals surface area contributed by atoms with E-state index in [9.17, 15) is 0 Å². The van der Waals surface area contributed by atoms with Crippen LogP contribution in [0.2, 0.25) is 0 Å². The number of aromatic nitrogens is 5. The number of hydrogen-bond acceptors (Lipinski definition) is 2. The van der Waals surface area contributed by atoms with Crippen LogP contribution in [0.15, 0.2) is 176 Å². The minimum Gasteiger partial charge on any atom is -0.309 e. The van der Waals surface area contributed by atoms with Crippen LogP contribution in [0.25, 0.3) is 82.7 Å². The van der Waals surface area contributed by atoms with Crippen LogP contribution in [0.4, 0.5) is 0 Å². The lowest BCUT2D eigenvalue weighted by Crippen LogP contribution is -2.07. The summed E-state index contributed by atoms with van der Waals surface area (Å²) in [4.78, 5) is 5.03. The van der Waals surface area contributed by atoms with Gasteiger partial charge in [0.05, 0.1) is 28.6 Å². The van der Waals surface area contributed by atoms with Gasteiger partial charge in [0.25, 0.3) is 0 Å². The summed E-state index contributed by atoms with van der Waals surface area (Å²) in [5.41, 5.74) is 10.5. The molecule has 0 fully saturated rings. The number of fused-ring (bicyclic) bond motifs is 7. The van der Waals surface area contributed by atoms with Gasteiger partial charge in [-0.05, 0) is 83.8 Å². The summed E-state index contributed by atoms with van der Waals surface area (Å²) >= 11 is 0. The van der Waals surface area contributed by atoms with E-state index in [0.29, 0.717) is 6.54 Å². The normalized spacial score (nSPS) is 13.1. The average Bonchev–Trinajstić information content (AvgIpc) is 3.91. The highest BCUT2D eigenvalue weighted by atomic mass is 15.3. The van der Waals surface area contributed by atoms with Crippen molar-refractivity contribution in [2.75, 3.05) is 0 Å².